The molecule has 0 N–H and O–H groups in total. The van der Waals surface area contributed by atoms with Crippen molar-refractivity contribution in [1.82, 2.24) is 0 Å². The van der Waals surface area contributed by atoms with E-state index in [2.05, 4.69) is 6.92 Å². The van der Waals surface area contributed by atoms with Crippen LogP contribution in [0.3, 0.4) is 0 Å². The van der Waals surface area contributed by atoms with Crippen molar-refractivity contribution in [2.24, 2.45) is 11.8 Å². The molecule has 1 unspecified atom stereocenters. The molecule has 4 nitrogen and oxygen atoms in total. The van der Waals surface area contributed by atoms with Gasteiger partial charge in [0.1, 0.15) is 5.75 Å². The van der Waals surface area contributed by atoms with Crippen molar-refractivity contribution in [3.8, 4) is 0 Å². The normalized spacial score (nSPS) is 17.9. The maximum atomic E-state index is 11.9. The second-order valence-corrected chi connectivity index (χ2v) is 6.58. The topological polar surface area (TPSA) is 52.6 Å². The second-order valence-electron chi connectivity index (χ2n) is 4.94. The van der Waals surface area contributed by atoms with E-state index in [4.69, 9.17) is 8.92 Å². The van der Waals surface area contributed by atoms with Gasteiger partial charge in [0.2, 0.25) is 0 Å². The Bertz CT molecular complexity index is 479. The maximum absolute atomic E-state index is 11.9. The summed E-state index contributed by atoms with van der Waals surface area (Å²) >= 11 is 0. The molecule has 19 heavy (non-hydrogen) atoms. The van der Waals surface area contributed by atoms with E-state index in [1.54, 1.807) is 12.1 Å². The minimum atomic E-state index is -3.50. The molecule has 1 aliphatic heterocycles. The standard InChI is InChI=1S/C14H20O4S/c1-2-13(14-8-17-9-14)10-18-19(15,16)11-12-6-4-3-5-7-12/h3-7,13-14H,2,8-11H2,1H3. The summed E-state index contributed by atoms with van der Waals surface area (Å²) in [5, 5.41) is 0. The van der Waals surface area contributed by atoms with Gasteiger partial charge in [-0.05, 0) is 11.5 Å². The summed E-state index contributed by atoms with van der Waals surface area (Å²) in [7, 11) is -3.50. The molecule has 0 saturated carbocycles. The van der Waals surface area contributed by atoms with Gasteiger partial charge in [0.25, 0.3) is 10.1 Å². The van der Waals surface area contributed by atoms with Crippen LogP contribution in [0, 0.1) is 11.8 Å². The Hall–Kier alpha value is -0.910. The van der Waals surface area contributed by atoms with Gasteiger partial charge in [0.05, 0.1) is 19.8 Å². The highest BCUT2D eigenvalue weighted by Gasteiger charge is 2.28. The molecule has 0 radical (unpaired) electrons. The third-order valence-electron chi connectivity index (χ3n) is 3.50. The molecule has 1 aromatic rings. The molecule has 1 aromatic carbocycles. The molecule has 1 aliphatic rings. The lowest BCUT2D eigenvalue weighted by atomic mass is 9.89. The lowest BCUT2D eigenvalue weighted by Crippen LogP contribution is -2.36. The van der Waals surface area contributed by atoms with Crippen LogP contribution in [0.15, 0.2) is 30.3 Å². The van der Waals surface area contributed by atoms with E-state index >= 15 is 0 Å². The highest BCUT2D eigenvalue weighted by Crippen LogP contribution is 2.24. The number of hydrogen-bond acceptors (Lipinski definition) is 4. The summed E-state index contributed by atoms with van der Waals surface area (Å²) < 4.78 is 34.1. The zero-order valence-corrected chi connectivity index (χ0v) is 11.9. The van der Waals surface area contributed by atoms with Gasteiger partial charge in [-0.25, -0.2) is 0 Å². The van der Waals surface area contributed by atoms with Crippen LogP contribution in [0.2, 0.25) is 0 Å². The molecule has 0 spiro atoms. The van der Waals surface area contributed by atoms with Crippen molar-refractivity contribution in [3.05, 3.63) is 35.9 Å². The fourth-order valence-corrected chi connectivity index (χ4v) is 3.19. The molecular formula is C14H20O4S. The number of hydrogen-bond donors (Lipinski definition) is 0. The summed E-state index contributed by atoms with van der Waals surface area (Å²) in [6, 6.07) is 9.09. The number of rotatable bonds is 7. The van der Waals surface area contributed by atoms with Crippen LogP contribution in [0.1, 0.15) is 18.9 Å². The molecule has 1 saturated heterocycles. The Morgan fingerprint density at radius 1 is 1.32 bits per heavy atom. The minimum absolute atomic E-state index is 0.0640. The van der Waals surface area contributed by atoms with E-state index in [0.717, 1.165) is 25.2 Å². The van der Waals surface area contributed by atoms with E-state index in [0.29, 0.717) is 5.92 Å². The molecule has 5 heteroatoms. The smallest absolute Gasteiger partial charge is 0.271 e. The van der Waals surface area contributed by atoms with Crippen molar-refractivity contribution in [2.45, 2.75) is 19.1 Å². The van der Waals surface area contributed by atoms with Gasteiger partial charge in [0.15, 0.2) is 0 Å². The summed E-state index contributed by atoms with van der Waals surface area (Å²) in [5.41, 5.74) is 0.752. The van der Waals surface area contributed by atoms with Gasteiger partial charge in [-0.15, -0.1) is 0 Å². The minimum Gasteiger partial charge on any atom is -0.381 e. The first-order chi connectivity index (χ1) is 9.11. The molecular weight excluding hydrogens is 264 g/mol. The fourth-order valence-electron chi connectivity index (χ4n) is 2.12. The Balaban J connectivity index is 1.86. The Morgan fingerprint density at radius 2 is 2.00 bits per heavy atom. The molecule has 0 aromatic heterocycles. The van der Waals surface area contributed by atoms with Gasteiger partial charge in [-0.3, -0.25) is 4.18 Å². The summed E-state index contributed by atoms with van der Waals surface area (Å²) in [6.45, 7) is 3.76. The lowest BCUT2D eigenvalue weighted by molar-refractivity contribution is -0.0690. The van der Waals surface area contributed by atoms with Gasteiger partial charge in [-0.2, -0.15) is 8.42 Å². The summed E-state index contributed by atoms with van der Waals surface area (Å²) in [5.74, 6) is 0.641. The van der Waals surface area contributed by atoms with Crippen molar-refractivity contribution < 1.29 is 17.3 Å². The van der Waals surface area contributed by atoms with Crippen LogP contribution in [0.5, 0.6) is 0 Å². The van der Waals surface area contributed by atoms with Crippen molar-refractivity contribution >= 4 is 10.1 Å². The third-order valence-corrected chi connectivity index (χ3v) is 4.68. The van der Waals surface area contributed by atoms with Gasteiger partial charge in [0, 0.05) is 5.92 Å². The zero-order chi connectivity index (χ0) is 13.7. The first-order valence-corrected chi connectivity index (χ1v) is 8.17. The van der Waals surface area contributed by atoms with Crippen LogP contribution in [0.4, 0.5) is 0 Å². The van der Waals surface area contributed by atoms with E-state index in [9.17, 15) is 8.42 Å². The van der Waals surface area contributed by atoms with Crippen molar-refractivity contribution in [3.63, 3.8) is 0 Å². The van der Waals surface area contributed by atoms with Crippen molar-refractivity contribution in [2.75, 3.05) is 19.8 Å². The summed E-state index contributed by atoms with van der Waals surface area (Å²) in [4.78, 5) is 0. The van der Waals surface area contributed by atoms with Gasteiger partial charge < -0.3 is 4.74 Å². The molecule has 2 rings (SSSR count). The van der Waals surface area contributed by atoms with E-state index in [-0.39, 0.29) is 18.3 Å². The van der Waals surface area contributed by atoms with Crippen LogP contribution in [-0.2, 0) is 24.8 Å². The summed E-state index contributed by atoms with van der Waals surface area (Å²) in [6.07, 6.45) is 0.912. The van der Waals surface area contributed by atoms with Crippen LogP contribution in [0.25, 0.3) is 0 Å². The molecule has 1 fully saturated rings. The quantitative estimate of drug-likeness (QED) is 0.720. The highest BCUT2D eigenvalue weighted by molar-refractivity contribution is 7.85. The Kier molecular flexibility index (Phi) is 4.96. The molecule has 106 valence electrons. The van der Waals surface area contributed by atoms with Crippen LogP contribution >= 0.6 is 0 Å². The molecule has 0 amide bonds. The van der Waals surface area contributed by atoms with Gasteiger partial charge >= 0.3 is 0 Å². The SMILES string of the molecule is CCC(COS(=O)(=O)Cc1ccccc1)C1COC1. The molecule has 0 aliphatic carbocycles. The largest absolute Gasteiger partial charge is 0.381 e. The molecule has 0 bridgehead atoms. The highest BCUT2D eigenvalue weighted by atomic mass is 32.2. The van der Waals surface area contributed by atoms with E-state index < -0.39 is 10.1 Å². The first kappa shape index (κ1) is 14.5. The number of benzene rings is 1. The second kappa shape index (κ2) is 6.50. The van der Waals surface area contributed by atoms with Gasteiger partial charge in [-0.1, -0.05) is 43.7 Å². The fraction of sp³-hybridized carbons (Fsp3) is 0.571. The molecule has 1 atom stereocenters. The van der Waals surface area contributed by atoms with Crippen LogP contribution in [-0.4, -0.2) is 28.2 Å². The van der Waals surface area contributed by atoms with Crippen molar-refractivity contribution in [1.29, 1.82) is 0 Å². The Morgan fingerprint density at radius 3 is 2.53 bits per heavy atom. The van der Waals surface area contributed by atoms with E-state index in [1.807, 2.05) is 18.2 Å². The monoisotopic (exact) mass is 284 g/mol. The third kappa shape index (κ3) is 4.30. The number of ether oxygens (including phenoxy) is 1. The average Bonchev–Trinajstić information content (AvgIpc) is 2.32. The zero-order valence-electron chi connectivity index (χ0n) is 11.1. The molecule has 1 heterocycles. The first-order valence-electron chi connectivity index (χ1n) is 6.59. The van der Waals surface area contributed by atoms with Crippen LogP contribution < -0.4 is 0 Å². The maximum Gasteiger partial charge on any atom is 0.271 e. The van der Waals surface area contributed by atoms with E-state index in [1.165, 1.54) is 0 Å². The predicted octanol–water partition coefficient (Wildman–Crippen LogP) is 2.21. The average molecular weight is 284 g/mol. The predicted molar refractivity (Wildman–Crippen MR) is 73.1 cm³/mol. The lowest BCUT2D eigenvalue weighted by Gasteiger charge is -2.32. The Labute approximate surface area is 114 Å².